The molecule has 0 aliphatic carbocycles. The van der Waals surface area contributed by atoms with Gasteiger partial charge in [0.15, 0.2) is 0 Å². The molecule has 2 aliphatic heterocycles. The summed E-state index contributed by atoms with van der Waals surface area (Å²) >= 11 is 0. The van der Waals surface area contributed by atoms with Crippen LogP contribution in [0.4, 0.5) is 0 Å². The Morgan fingerprint density at radius 3 is 1.07 bits per heavy atom. The first kappa shape index (κ1) is 47.5. The lowest BCUT2D eigenvalue weighted by Gasteiger charge is -2.20. The first-order chi connectivity index (χ1) is 19.8. The zero-order chi connectivity index (χ0) is 28.4. The topological polar surface area (TPSA) is 30.5 Å². The molecular formula is C36H66Cl4N4. The zero-order valence-electron chi connectivity index (χ0n) is 27.9. The highest BCUT2D eigenvalue weighted by Gasteiger charge is 2.01. The summed E-state index contributed by atoms with van der Waals surface area (Å²) in [6.45, 7) is 6.66. The summed E-state index contributed by atoms with van der Waals surface area (Å²) in [4.78, 5) is 0. The lowest BCUT2D eigenvalue weighted by atomic mass is 10.1. The van der Waals surface area contributed by atoms with E-state index in [4.69, 9.17) is 0 Å². The van der Waals surface area contributed by atoms with Crippen LogP contribution in [0.3, 0.4) is 0 Å². The molecule has 2 N–H and O–H groups in total. The molecule has 258 valence electrons. The minimum atomic E-state index is 0. The van der Waals surface area contributed by atoms with Gasteiger partial charge >= 0.3 is 0 Å². The molecule has 8 heteroatoms. The first-order valence-corrected chi connectivity index (χ1v) is 17.0. The monoisotopic (exact) mass is 694 g/mol. The fourth-order valence-electron chi connectivity index (χ4n) is 5.12. The molecule has 0 amide bonds. The Morgan fingerprint density at radius 1 is 0.432 bits per heavy atom. The Labute approximate surface area is 297 Å². The first-order valence-electron chi connectivity index (χ1n) is 17.0. The molecule has 0 saturated heterocycles. The van der Waals surface area contributed by atoms with Gasteiger partial charge in [-0.25, -0.2) is 10.9 Å². The summed E-state index contributed by atoms with van der Waals surface area (Å²) in [5.41, 5.74) is 9.66. The van der Waals surface area contributed by atoms with Crippen molar-refractivity contribution in [3.63, 3.8) is 0 Å². The van der Waals surface area contributed by atoms with Gasteiger partial charge in [-0.15, -0.1) is 49.6 Å². The molecule has 0 radical (unpaired) electrons. The molecular weight excluding hydrogens is 630 g/mol. The third-order valence-corrected chi connectivity index (χ3v) is 7.78. The number of hydrazine groups is 2. The normalized spacial score (nSPS) is 13.2. The number of unbranched alkanes of at least 4 members (excludes halogenated alkanes) is 17. The Kier molecular flexibility index (Phi) is 37.8. The van der Waals surface area contributed by atoms with Crippen LogP contribution < -0.4 is 10.9 Å². The third kappa shape index (κ3) is 26.3. The van der Waals surface area contributed by atoms with Crippen molar-refractivity contribution in [3.05, 3.63) is 72.4 Å². The molecule has 2 heterocycles. The summed E-state index contributed by atoms with van der Waals surface area (Å²) in [7, 11) is 0. The van der Waals surface area contributed by atoms with Gasteiger partial charge in [0, 0.05) is 37.9 Å². The molecule has 2 aliphatic rings. The standard InChI is InChI=1S/C36H62N4.4ClH/c1-3-5-7-9-17-21-29-37-39-31-25-35(26-32-39)23-19-15-13-11-12-14-16-20-24-36-27-33-40(34-28-36)38-30-22-18-10-8-6-4-2;;;;/h23-28,31-34,37-38H,3-22,29-30H2,1-2H3;4*1H. The van der Waals surface area contributed by atoms with E-state index in [9.17, 15) is 0 Å². The quantitative estimate of drug-likeness (QED) is 0.0931. The Hall–Kier alpha value is -0.880. The predicted molar refractivity (Wildman–Crippen MR) is 205 cm³/mol. The lowest BCUT2D eigenvalue weighted by Crippen LogP contribution is -2.30. The van der Waals surface area contributed by atoms with Crippen LogP contribution in [-0.4, -0.2) is 23.1 Å². The van der Waals surface area contributed by atoms with E-state index in [1.165, 1.54) is 140 Å². The van der Waals surface area contributed by atoms with Crippen molar-refractivity contribution in [1.82, 2.24) is 20.9 Å². The summed E-state index contributed by atoms with van der Waals surface area (Å²) in [5.74, 6) is 0. The van der Waals surface area contributed by atoms with E-state index >= 15 is 0 Å². The van der Waals surface area contributed by atoms with Crippen LogP contribution in [0, 0.1) is 0 Å². The second-order valence-electron chi connectivity index (χ2n) is 11.5. The Balaban J connectivity index is -0.00000420. The van der Waals surface area contributed by atoms with Gasteiger partial charge in [0.1, 0.15) is 0 Å². The van der Waals surface area contributed by atoms with E-state index in [0.29, 0.717) is 0 Å². The molecule has 0 spiro atoms. The van der Waals surface area contributed by atoms with Crippen LogP contribution in [0.2, 0.25) is 0 Å². The van der Waals surface area contributed by atoms with Gasteiger partial charge in [0.05, 0.1) is 0 Å². The van der Waals surface area contributed by atoms with Crippen molar-refractivity contribution in [2.75, 3.05) is 13.1 Å². The molecule has 0 aromatic carbocycles. The van der Waals surface area contributed by atoms with E-state index in [2.05, 4.69) is 96.0 Å². The smallest absolute Gasteiger partial charge is 0.0214 e. The zero-order valence-corrected chi connectivity index (χ0v) is 31.1. The van der Waals surface area contributed by atoms with E-state index in [1.54, 1.807) is 0 Å². The van der Waals surface area contributed by atoms with Crippen molar-refractivity contribution in [2.24, 2.45) is 0 Å². The molecule has 44 heavy (non-hydrogen) atoms. The minimum absolute atomic E-state index is 0. The maximum Gasteiger partial charge on any atom is 0.0214 e. The average molecular weight is 697 g/mol. The number of allylic oxidation sites excluding steroid dienone is 8. The fourth-order valence-corrected chi connectivity index (χ4v) is 5.12. The maximum atomic E-state index is 3.49. The number of nitrogens with zero attached hydrogens (tertiary/aromatic N) is 2. The van der Waals surface area contributed by atoms with Gasteiger partial charge in [-0.3, -0.25) is 10.0 Å². The number of nitrogens with one attached hydrogen (secondary N) is 2. The van der Waals surface area contributed by atoms with E-state index < -0.39 is 0 Å². The highest BCUT2D eigenvalue weighted by Crippen LogP contribution is 2.15. The summed E-state index contributed by atoms with van der Waals surface area (Å²) in [6, 6.07) is 0. The van der Waals surface area contributed by atoms with Crippen LogP contribution in [0.5, 0.6) is 0 Å². The van der Waals surface area contributed by atoms with Crippen molar-refractivity contribution in [3.8, 4) is 0 Å². The van der Waals surface area contributed by atoms with E-state index in [0.717, 1.165) is 13.1 Å². The van der Waals surface area contributed by atoms with Crippen LogP contribution in [0.1, 0.15) is 142 Å². The van der Waals surface area contributed by atoms with E-state index in [-0.39, 0.29) is 49.6 Å². The molecule has 0 aromatic heterocycles. The van der Waals surface area contributed by atoms with Crippen molar-refractivity contribution in [2.45, 2.75) is 142 Å². The average Bonchev–Trinajstić information content (AvgIpc) is 2.98. The van der Waals surface area contributed by atoms with Crippen LogP contribution in [-0.2, 0) is 0 Å². The Bertz CT molecular complexity index is 710. The SMILES string of the molecule is CCCCCCCCNN1C=CC(=CCCCCCCCCC=C2C=CN(NCCCCCCCC)C=C2)C=C1.Cl.Cl.Cl.Cl. The van der Waals surface area contributed by atoms with Gasteiger partial charge in [0.25, 0.3) is 0 Å². The highest BCUT2D eigenvalue weighted by molar-refractivity contribution is 5.86. The van der Waals surface area contributed by atoms with Crippen molar-refractivity contribution < 1.29 is 0 Å². The number of halogens is 4. The summed E-state index contributed by atoms with van der Waals surface area (Å²) in [5, 5.41) is 4.20. The van der Waals surface area contributed by atoms with Crippen LogP contribution in [0.25, 0.3) is 0 Å². The number of hydrogen-bond acceptors (Lipinski definition) is 4. The molecule has 0 fully saturated rings. The summed E-state index contributed by atoms with van der Waals surface area (Å²) in [6.07, 6.45) is 48.8. The van der Waals surface area contributed by atoms with Crippen LogP contribution in [0.15, 0.2) is 72.4 Å². The molecule has 0 saturated carbocycles. The van der Waals surface area contributed by atoms with Gasteiger partial charge in [-0.05, 0) is 74.0 Å². The maximum absolute atomic E-state index is 3.49. The predicted octanol–water partition coefficient (Wildman–Crippen LogP) is 12.1. The minimum Gasteiger partial charge on any atom is -0.291 e. The number of rotatable bonds is 25. The van der Waals surface area contributed by atoms with Crippen molar-refractivity contribution in [1.29, 1.82) is 0 Å². The second-order valence-corrected chi connectivity index (χ2v) is 11.5. The van der Waals surface area contributed by atoms with Crippen LogP contribution >= 0.6 is 49.6 Å². The second kappa shape index (κ2) is 35.0. The van der Waals surface area contributed by atoms with Gasteiger partial charge in [-0.1, -0.05) is 116 Å². The highest BCUT2D eigenvalue weighted by atomic mass is 35.5. The molecule has 0 unspecified atom stereocenters. The largest absolute Gasteiger partial charge is 0.291 e. The summed E-state index contributed by atoms with van der Waals surface area (Å²) < 4.78 is 0. The Morgan fingerprint density at radius 2 is 0.727 bits per heavy atom. The van der Waals surface area contributed by atoms with Gasteiger partial charge < -0.3 is 0 Å². The van der Waals surface area contributed by atoms with Crippen molar-refractivity contribution >= 4 is 49.6 Å². The third-order valence-electron chi connectivity index (χ3n) is 7.78. The fraction of sp³-hybridized carbons (Fsp3) is 0.667. The van der Waals surface area contributed by atoms with Gasteiger partial charge in [-0.2, -0.15) is 0 Å². The molecule has 0 atom stereocenters. The molecule has 0 bridgehead atoms. The molecule has 0 aromatic rings. The lowest BCUT2D eigenvalue weighted by molar-refractivity contribution is 0.355. The molecule has 2 rings (SSSR count). The van der Waals surface area contributed by atoms with Gasteiger partial charge in [0.2, 0.25) is 0 Å². The van der Waals surface area contributed by atoms with E-state index in [1.807, 2.05) is 0 Å². The molecule has 4 nitrogen and oxygen atoms in total. The number of hydrogen-bond donors (Lipinski definition) is 2.